The van der Waals surface area contributed by atoms with Gasteiger partial charge in [-0.2, -0.15) is 0 Å². The van der Waals surface area contributed by atoms with Gasteiger partial charge in [-0.25, -0.2) is 9.96 Å². The molecule has 2 amide bonds. The fraction of sp³-hybridized carbons (Fsp3) is 0.167. The van der Waals surface area contributed by atoms with Crippen molar-refractivity contribution in [3.8, 4) is 5.75 Å². The van der Waals surface area contributed by atoms with E-state index in [4.69, 9.17) is 9.57 Å². The van der Waals surface area contributed by atoms with Gasteiger partial charge in [-0.3, -0.25) is 14.4 Å². The molecular weight excluding hydrogens is 460 g/mol. The third-order valence-corrected chi connectivity index (χ3v) is 6.20. The number of carbonyl (C=O) groups excluding carboxylic acids is 2. The minimum atomic E-state index is -0.911. The lowest BCUT2D eigenvalue weighted by atomic mass is 9.90. The molecule has 3 aromatic rings. The number of imide groups is 1. The minimum Gasteiger partial charge on any atom is -0.496 e. The largest absolute Gasteiger partial charge is 0.496 e. The van der Waals surface area contributed by atoms with Crippen LogP contribution in [0.4, 0.5) is 11.4 Å². The quantitative estimate of drug-likeness (QED) is 0.516. The van der Waals surface area contributed by atoms with Crippen LogP contribution in [0, 0.1) is 5.92 Å². The molecule has 7 heteroatoms. The molecule has 3 unspecified atom stereocenters. The van der Waals surface area contributed by atoms with Crippen molar-refractivity contribution in [2.45, 2.75) is 12.1 Å². The van der Waals surface area contributed by atoms with E-state index < -0.39 is 18.1 Å². The lowest BCUT2D eigenvalue weighted by Crippen LogP contribution is -2.37. The van der Waals surface area contributed by atoms with Crippen molar-refractivity contribution < 1.29 is 19.2 Å². The van der Waals surface area contributed by atoms with Crippen LogP contribution in [0.1, 0.15) is 11.6 Å². The number of rotatable bonds is 4. The summed E-state index contributed by atoms with van der Waals surface area (Å²) in [5, 5.41) is 1.67. The number of para-hydroxylation sites is 2. The molecule has 0 spiro atoms. The SMILES string of the molecule is COc1ccccc1C1C2C(=O)N(c3ccc(Br)cc3)C(=O)C2ON1c1ccccc1. The Labute approximate surface area is 188 Å². The van der Waals surface area contributed by atoms with Crippen molar-refractivity contribution in [2.24, 2.45) is 5.92 Å². The Hall–Kier alpha value is -3.16. The van der Waals surface area contributed by atoms with Crippen LogP contribution in [0.25, 0.3) is 0 Å². The number of amides is 2. The first kappa shape index (κ1) is 19.8. The average Bonchev–Trinajstić information content (AvgIpc) is 3.31. The first-order valence-corrected chi connectivity index (χ1v) is 10.7. The lowest BCUT2D eigenvalue weighted by molar-refractivity contribution is -0.126. The predicted molar refractivity (Wildman–Crippen MR) is 120 cm³/mol. The van der Waals surface area contributed by atoms with Crippen LogP contribution >= 0.6 is 15.9 Å². The summed E-state index contributed by atoms with van der Waals surface area (Å²) in [5.41, 5.74) is 2.09. The van der Waals surface area contributed by atoms with E-state index in [1.54, 1.807) is 36.4 Å². The van der Waals surface area contributed by atoms with Crippen LogP contribution in [0.2, 0.25) is 0 Å². The molecule has 0 aliphatic carbocycles. The highest BCUT2D eigenvalue weighted by Crippen LogP contribution is 2.49. The molecule has 2 aliphatic heterocycles. The molecule has 0 N–H and O–H groups in total. The number of halogens is 1. The second kappa shape index (κ2) is 7.83. The number of hydrogen-bond acceptors (Lipinski definition) is 5. The van der Waals surface area contributed by atoms with Gasteiger partial charge in [-0.1, -0.05) is 52.3 Å². The zero-order valence-corrected chi connectivity index (χ0v) is 18.2. The third kappa shape index (κ3) is 3.21. The van der Waals surface area contributed by atoms with Gasteiger partial charge >= 0.3 is 0 Å². The van der Waals surface area contributed by atoms with Crippen molar-refractivity contribution in [1.82, 2.24) is 0 Å². The smallest absolute Gasteiger partial charge is 0.266 e. The monoisotopic (exact) mass is 478 g/mol. The molecule has 0 radical (unpaired) electrons. The van der Waals surface area contributed by atoms with E-state index in [1.165, 1.54) is 4.90 Å². The first-order chi connectivity index (χ1) is 15.1. The van der Waals surface area contributed by atoms with Crippen molar-refractivity contribution in [3.05, 3.63) is 88.9 Å². The molecule has 2 aliphatic rings. The number of anilines is 2. The lowest BCUT2D eigenvalue weighted by Gasteiger charge is -2.29. The van der Waals surface area contributed by atoms with E-state index >= 15 is 0 Å². The number of hydroxylamine groups is 1. The van der Waals surface area contributed by atoms with Crippen molar-refractivity contribution >= 4 is 39.1 Å². The second-order valence-electron chi connectivity index (χ2n) is 7.39. The van der Waals surface area contributed by atoms with Gasteiger partial charge in [-0.05, 0) is 42.5 Å². The molecule has 5 rings (SSSR count). The Morgan fingerprint density at radius 1 is 0.839 bits per heavy atom. The van der Waals surface area contributed by atoms with Crippen LogP contribution in [0.5, 0.6) is 5.75 Å². The van der Waals surface area contributed by atoms with Crippen LogP contribution in [0.3, 0.4) is 0 Å². The van der Waals surface area contributed by atoms with E-state index in [1.807, 2.05) is 54.6 Å². The molecule has 3 aromatic carbocycles. The van der Waals surface area contributed by atoms with Crippen molar-refractivity contribution in [3.63, 3.8) is 0 Å². The van der Waals surface area contributed by atoms with Gasteiger partial charge in [0.25, 0.3) is 5.91 Å². The Bertz CT molecular complexity index is 1140. The highest BCUT2D eigenvalue weighted by Gasteiger charge is 2.60. The molecule has 156 valence electrons. The van der Waals surface area contributed by atoms with Gasteiger partial charge in [-0.15, -0.1) is 0 Å². The summed E-state index contributed by atoms with van der Waals surface area (Å²) in [6, 6.07) is 23.6. The predicted octanol–water partition coefficient (Wildman–Crippen LogP) is 4.51. The Balaban J connectivity index is 1.61. The molecule has 0 saturated carbocycles. The fourth-order valence-electron chi connectivity index (χ4n) is 4.28. The summed E-state index contributed by atoms with van der Waals surface area (Å²) < 4.78 is 6.45. The molecule has 0 aromatic heterocycles. The summed E-state index contributed by atoms with van der Waals surface area (Å²) in [6.07, 6.45) is -0.911. The minimum absolute atomic E-state index is 0.286. The van der Waals surface area contributed by atoms with E-state index in [0.29, 0.717) is 11.4 Å². The van der Waals surface area contributed by atoms with Gasteiger partial charge in [0, 0.05) is 10.0 Å². The zero-order chi connectivity index (χ0) is 21.5. The zero-order valence-electron chi connectivity index (χ0n) is 16.6. The van der Waals surface area contributed by atoms with E-state index in [2.05, 4.69) is 15.9 Å². The van der Waals surface area contributed by atoms with Crippen molar-refractivity contribution in [1.29, 1.82) is 0 Å². The topological polar surface area (TPSA) is 59.1 Å². The summed E-state index contributed by atoms with van der Waals surface area (Å²) in [5.74, 6) is -0.713. The van der Waals surface area contributed by atoms with Gasteiger partial charge in [0.05, 0.1) is 24.5 Å². The Morgan fingerprint density at radius 2 is 1.52 bits per heavy atom. The molecule has 3 atom stereocenters. The van der Waals surface area contributed by atoms with Gasteiger partial charge in [0.2, 0.25) is 5.91 Å². The molecular formula is C24H19BrN2O4. The number of fused-ring (bicyclic) bond motifs is 1. The molecule has 2 heterocycles. The molecule has 6 nitrogen and oxygen atoms in total. The molecule has 0 bridgehead atoms. The first-order valence-electron chi connectivity index (χ1n) is 9.87. The highest BCUT2D eigenvalue weighted by molar-refractivity contribution is 9.10. The molecule has 31 heavy (non-hydrogen) atoms. The summed E-state index contributed by atoms with van der Waals surface area (Å²) in [4.78, 5) is 34.3. The normalized spacial score (nSPS) is 22.7. The maximum Gasteiger partial charge on any atom is 0.266 e. The van der Waals surface area contributed by atoms with Gasteiger partial charge in [0.15, 0.2) is 6.10 Å². The average molecular weight is 479 g/mol. The van der Waals surface area contributed by atoms with Crippen LogP contribution in [-0.2, 0) is 14.4 Å². The Kier molecular flexibility index (Phi) is 5.00. The standard InChI is InChI=1S/C24H19BrN2O4/c1-30-19-10-6-5-9-18(19)21-20-22(31-27(21)17-7-3-2-4-8-17)24(29)26(23(20)28)16-13-11-15(25)12-14-16/h2-14,20-22H,1H3. The maximum atomic E-state index is 13.6. The number of benzene rings is 3. The molecule has 2 saturated heterocycles. The van der Waals surface area contributed by atoms with Crippen LogP contribution in [-0.4, -0.2) is 25.0 Å². The number of carbonyl (C=O) groups is 2. The highest BCUT2D eigenvalue weighted by atomic mass is 79.9. The number of ether oxygens (including phenoxy) is 1. The van der Waals surface area contributed by atoms with Gasteiger partial charge < -0.3 is 4.74 Å². The fourth-order valence-corrected chi connectivity index (χ4v) is 4.55. The third-order valence-electron chi connectivity index (χ3n) is 5.67. The van der Waals surface area contributed by atoms with E-state index in [-0.39, 0.29) is 11.8 Å². The van der Waals surface area contributed by atoms with E-state index in [9.17, 15) is 9.59 Å². The van der Waals surface area contributed by atoms with Gasteiger partial charge in [0.1, 0.15) is 11.7 Å². The number of methoxy groups -OCH3 is 1. The number of nitrogens with zero attached hydrogens (tertiary/aromatic N) is 2. The van der Waals surface area contributed by atoms with Crippen LogP contribution in [0.15, 0.2) is 83.3 Å². The molecule has 2 fully saturated rings. The summed E-state index contributed by atoms with van der Waals surface area (Å²) >= 11 is 3.39. The number of hydrogen-bond donors (Lipinski definition) is 0. The van der Waals surface area contributed by atoms with E-state index in [0.717, 1.165) is 15.7 Å². The van der Waals surface area contributed by atoms with Crippen molar-refractivity contribution in [2.75, 3.05) is 17.1 Å². The second-order valence-corrected chi connectivity index (χ2v) is 8.30. The maximum absolute atomic E-state index is 13.6. The Morgan fingerprint density at radius 3 is 2.23 bits per heavy atom. The summed E-state index contributed by atoms with van der Waals surface area (Å²) in [6.45, 7) is 0. The van der Waals surface area contributed by atoms with Crippen LogP contribution < -0.4 is 14.7 Å². The summed E-state index contributed by atoms with van der Waals surface area (Å²) in [7, 11) is 1.59.